The Kier molecular flexibility index (Phi) is 8.17. The van der Waals surface area contributed by atoms with E-state index in [9.17, 15) is 9.59 Å². The van der Waals surface area contributed by atoms with E-state index in [2.05, 4.69) is 15.9 Å². The van der Waals surface area contributed by atoms with Crippen molar-refractivity contribution in [2.24, 2.45) is 0 Å². The van der Waals surface area contributed by atoms with Crippen molar-refractivity contribution in [3.63, 3.8) is 0 Å². The van der Waals surface area contributed by atoms with E-state index in [1.807, 2.05) is 6.07 Å². The average molecular weight is 515 g/mol. The fourth-order valence-corrected chi connectivity index (χ4v) is 4.11. The Labute approximate surface area is 194 Å². The lowest BCUT2D eigenvalue weighted by molar-refractivity contribution is -0.135. The minimum Gasteiger partial charge on any atom is -0.483 e. The van der Waals surface area contributed by atoms with Gasteiger partial charge in [0.25, 0.3) is 5.91 Å². The van der Waals surface area contributed by atoms with E-state index in [0.717, 1.165) is 22.9 Å². The standard InChI is InChI=1S/C22H22BrCl2NO4/c1-14(27)19-9-16(23)5-7-21(19)30-13-22(28)26(12-18-3-2-8-29-18)11-15-4-6-17(24)10-20(15)25/h4-7,9-10,18H,2-3,8,11-13H2,1H3/t18-/m1/s1. The van der Waals surface area contributed by atoms with Crippen LogP contribution in [-0.4, -0.2) is 42.5 Å². The van der Waals surface area contributed by atoms with Gasteiger partial charge in [0.05, 0.1) is 11.7 Å². The Morgan fingerprint density at radius 3 is 2.70 bits per heavy atom. The molecule has 1 aliphatic heterocycles. The smallest absolute Gasteiger partial charge is 0.260 e. The molecule has 1 saturated heterocycles. The summed E-state index contributed by atoms with van der Waals surface area (Å²) in [5.74, 6) is 0.0254. The van der Waals surface area contributed by atoms with E-state index in [4.69, 9.17) is 32.7 Å². The molecule has 3 rings (SSSR count). The van der Waals surface area contributed by atoms with Gasteiger partial charge in [-0.15, -0.1) is 0 Å². The van der Waals surface area contributed by atoms with Crippen molar-refractivity contribution in [2.75, 3.05) is 19.8 Å². The maximum absolute atomic E-state index is 13.0. The molecule has 0 aliphatic carbocycles. The van der Waals surface area contributed by atoms with Crippen LogP contribution in [0.1, 0.15) is 35.7 Å². The zero-order valence-corrected chi connectivity index (χ0v) is 19.6. The summed E-state index contributed by atoms with van der Waals surface area (Å²) < 4.78 is 12.2. The molecule has 0 bridgehead atoms. The highest BCUT2D eigenvalue weighted by atomic mass is 79.9. The third kappa shape index (κ3) is 6.20. The van der Waals surface area contributed by atoms with Gasteiger partial charge in [-0.2, -0.15) is 0 Å². The van der Waals surface area contributed by atoms with Gasteiger partial charge in [0, 0.05) is 34.2 Å². The molecule has 30 heavy (non-hydrogen) atoms. The molecule has 2 aromatic carbocycles. The Hall–Kier alpha value is -1.60. The fraction of sp³-hybridized carbons (Fsp3) is 0.364. The molecule has 0 radical (unpaired) electrons. The number of halogens is 3. The number of amides is 1. The Bertz CT molecular complexity index is 931. The van der Waals surface area contributed by atoms with E-state index in [1.165, 1.54) is 6.92 Å². The fourth-order valence-electron chi connectivity index (χ4n) is 3.28. The lowest BCUT2D eigenvalue weighted by atomic mass is 10.1. The van der Waals surface area contributed by atoms with Crippen LogP contribution in [0, 0.1) is 0 Å². The summed E-state index contributed by atoms with van der Waals surface area (Å²) in [4.78, 5) is 26.6. The van der Waals surface area contributed by atoms with Gasteiger partial charge in [-0.3, -0.25) is 9.59 Å². The second kappa shape index (κ2) is 10.6. The lowest BCUT2D eigenvalue weighted by Gasteiger charge is -2.26. The van der Waals surface area contributed by atoms with Crippen molar-refractivity contribution < 1.29 is 19.1 Å². The first-order valence-electron chi connectivity index (χ1n) is 9.60. The van der Waals surface area contributed by atoms with Gasteiger partial charge in [-0.05, 0) is 55.7 Å². The van der Waals surface area contributed by atoms with E-state index in [0.29, 0.717) is 41.1 Å². The highest BCUT2D eigenvalue weighted by molar-refractivity contribution is 9.10. The van der Waals surface area contributed by atoms with E-state index in [-0.39, 0.29) is 24.4 Å². The highest BCUT2D eigenvalue weighted by Gasteiger charge is 2.24. The second-order valence-corrected chi connectivity index (χ2v) is 8.89. The molecule has 1 heterocycles. The van der Waals surface area contributed by atoms with Crippen molar-refractivity contribution >= 4 is 50.8 Å². The number of hydrogen-bond donors (Lipinski definition) is 0. The van der Waals surface area contributed by atoms with Crippen LogP contribution in [-0.2, 0) is 16.1 Å². The number of hydrogen-bond acceptors (Lipinski definition) is 4. The third-order valence-corrected chi connectivity index (χ3v) is 5.93. The van der Waals surface area contributed by atoms with E-state index < -0.39 is 0 Å². The second-order valence-electron chi connectivity index (χ2n) is 7.13. The molecule has 2 aromatic rings. The summed E-state index contributed by atoms with van der Waals surface area (Å²) in [7, 11) is 0. The van der Waals surface area contributed by atoms with Gasteiger partial charge in [0.1, 0.15) is 5.75 Å². The Morgan fingerprint density at radius 1 is 1.23 bits per heavy atom. The first kappa shape index (κ1) is 23.1. The molecule has 1 amide bonds. The van der Waals surface area contributed by atoms with Crippen LogP contribution in [0.5, 0.6) is 5.75 Å². The number of carbonyl (C=O) groups is 2. The monoisotopic (exact) mass is 513 g/mol. The first-order valence-corrected chi connectivity index (χ1v) is 11.1. The van der Waals surface area contributed by atoms with Crippen LogP contribution in [0.4, 0.5) is 0 Å². The maximum atomic E-state index is 13.0. The molecular formula is C22H22BrCl2NO4. The molecule has 8 heteroatoms. The van der Waals surface area contributed by atoms with Crippen LogP contribution in [0.3, 0.4) is 0 Å². The van der Waals surface area contributed by atoms with Crippen LogP contribution in [0.15, 0.2) is 40.9 Å². The molecule has 1 atom stereocenters. The first-order chi connectivity index (χ1) is 14.3. The van der Waals surface area contributed by atoms with Gasteiger partial charge in [-0.1, -0.05) is 45.2 Å². The molecule has 0 saturated carbocycles. The van der Waals surface area contributed by atoms with E-state index in [1.54, 1.807) is 35.2 Å². The van der Waals surface area contributed by atoms with Crippen molar-refractivity contribution in [2.45, 2.75) is 32.4 Å². The molecule has 5 nitrogen and oxygen atoms in total. The number of ketones is 1. The zero-order chi connectivity index (χ0) is 21.7. The predicted octanol–water partition coefficient (Wildman–Crippen LogP) is 5.55. The quantitative estimate of drug-likeness (QED) is 0.433. The third-order valence-electron chi connectivity index (χ3n) is 4.85. The number of benzene rings is 2. The topological polar surface area (TPSA) is 55.8 Å². The minimum atomic E-state index is -0.214. The SMILES string of the molecule is CC(=O)c1cc(Br)ccc1OCC(=O)N(Cc1ccc(Cl)cc1Cl)C[C@H]1CCCO1. The molecule has 1 fully saturated rings. The number of rotatable bonds is 8. The van der Waals surface area contributed by atoms with Crippen molar-refractivity contribution in [3.8, 4) is 5.75 Å². The Balaban J connectivity index is 1.74. The molecule has 0 aromatic heterocycles. The van der Waals surface area contributed by atoms with Crippen LogP contribution >= 0.6 is 39.1 Å². The van der Waals surface area contributed by atoms with Gasteiger partial charge in [0.2, 0.25) is 0 Å². The van der Waals surface area contributed by atoms with E-state index >= 15 is 0 Å². The number of ether oxygens (including phenoxy) is 2. The molecule has 0 unspecified atom stereocenters. The van der Waals surface area contributed by atoms with Gasteiger partial charge < -0.3 is 14.4 Å². The normalized spacial score (nSPS) is 15.8. The molecule has 0 N–H and O–H groups in total. The van der Waals surface area contributed by atoms with Gasteiger partial charge in [0.15, 0.2) is 12.4 Å². The van der Waals surface area contributed by atoms with Crippen LogP contribution < -0.4 is 4.74 Å². The van der Waals surface area contributed by atoms with Crippen molar-refractivity contribution in [1.82, 2.24) is 4.90 Å². The van der Waals surface area contributed by atoms with Crippen LogP contribution in [0.25, 0.3) is 0 Å². The summed E-state index contributed by atoms with van der Waals surface area (Å²) in [5.41, 5.74) is 1.21. The summed E-state index contributed by atoms with van der Waals surface area (Å²) in [6.45, 7) is 2.73. The Morgan fingerprint density at radius 2 is 2.03 bits per heavy atom. The summed E-state index contributed by atoms with van der Waals surface area (Å²) in [6.07, 6.45) is 1.87. The summed E-state index contributed by atoms with van der Waals surface area (Å²) in [6, 6.07) is 10.3. The maximum Gasteiger partial charge on any atom is 0.260 e. The van der Waals surface area contributed by atoms with Gasteiger partial charge in [-0.25, -0.2) is 0 Å². The average Bonchev–Trinajstić information content (AvgIpc) is 3.21. The molecule has 1 aliphatic rings. The predicted molar refractivity (Wildman–Crippen MR) is 120 cm³/mol. The molecule has 160 valence electrons. The largest absolute Gasteiger partial charge is 0.483 e. The van der Waals surface area contributed by atoms with Crippen LogP contribution in [0.2, 0.25) is 10.0 Å². The lowest BCUT2D eigenvalue weighted by Crippen LogP contribution is -2.39. The van der Waals surface area contributed by atoms with Gasteiger partial charge >= 0.3 is 0 Å². The summed E-state index contributed by atoms with van der Waals surface area (Å²) >= 11 is 15.6. The zero-order valence-electron chi connectivity index (χ0n) is 16.5. The minimum absolute atomic E-state index is 0.0134. The van der Waals surface area contributed by atoms with Crippen molar-refractivity contribution in [3.05, 3.63) is 62.0 Å². The summed E-state index contributed by atoms with van der Waals surface area (Å²) in [5, 5.41) is 1.04. The molecular weight excluding hydrogens is 493 g/mol. The molecule has 0 spiro atoms. The number of carbonyl (C=O) groups excluding carboxylic acids is 2. The highest BCUT2D eigenvalue weighted by Crippen LogP contribution is 2.25. The number of nitrogens with zero attached hydrogens (tertiary/aromatic N) is 1. The number of Topliss-reactive ketones (excluding diaryl/α,β-unsaturated/α-hetero) is 1. The van der Waals surface area contributed by atoms with Crippen molar-refractivity contribution in [1.29, 1.82) is 0 Å².